The molecule has 0 saturated carbocycles. The fourth-order valence-electron chi connectivity index (χ4n) is 2.56. The van der Waals surface area contributed by atoms with E-state index < -0.39 is 0 Å². The van der Waals surface area contributed by atoms with Gasteiger partial charge in [-0.15, -0.1) is 0 Å². The number of hydrogen-bond donors (Lipinski definition) is 4. The van der Waals surface area contributed by atoms with Crippen LogP contribution in [0.3, 0.4) is 0 Å². The lowest BCUT2D eigenvalue weighted by atomic mass is 10.0. The Labute approximate surface area is 149 Å². The minimum atomic E-state index is 0.0717. The number of rotatable bonds is 10. The van der Waals surface area contributed by atoms with Gasteiger partial charge in [0.05, 0.1) is 6.61 Å². The van der Waals surface area contributed by atoms with Gasteiger partial charge in [-0.25, -0.2) is 0 Å². The molecule has 0 spiro atoms. The molecule has 0 aliphatic carbocycles. The summed E-state index contributed by atoms with van der Waals surface area (Å²) in [7, 11) is 0. The zero-order valence-electron chi connectivity index (χ0n) is 14.4. The maximum Gasteiger partial charge on any atom is 0.122 e. The zero-order valence-corrected chi connectivity index (χ0v) is 14.4. The number of ether oxygens (including phenoxy) is 1. The van der Waals surface area contributed by atoms with Gasteiger partial charge in [-0.3, -0.25) is 10.8 Å². The number of nitrogen functional groups attached to an aromatic ring is 2. The normalized spacial score (nSPS) is 10.4. The lowest BCUT2D eigenvalue weighted by molar-refractivity contribution is 0.304. The van der Waals surface area contributed by atoms with Crippen molar-refractivity contribution in [3.05, 3.63) is 65.2 Å². The summed E-state index contributed by atoms with van der Waals surface area (Å²) in [5.74, 6) is 1.00. The highest BCUT2D eigenvalue weighted by Gasteiger charge is 1.99. The summed E-state index contributed by atoms with van der Waals surface area (Å²) in [5.41, 5.74) is 13.6. The molecule has 0 unspecified atom stereocenters. The van der Waals surface area contributed by atoms with Crippen LogP contribution in [0.2, 0.25) is 0 Å². The van der Waals surface area contributed by atoms with Crippen molar-refractivity contribution < 1.29 is 4.74 Å². The first-order chi connectivity index (χ1) is 12.1. The molecule has 0 aliphatic heterocycles. The molecule has 0 radical (unpaired) electrons. The Kier molecular flexibility index (Phi) is 7.01. The number of nitrogens with one attached hydrogen (secondary N) is 2. The number of unbranched alkanes of at least 4 members (excludes halogenated alkanes) is 3. The summed E-state index contributed by atoms with van der Waals surface area (Å²) < 4.78 is 5.70. The summed E-state index contributed by atoms with van der Waals surface area (Å²) in [6, 6.07) is 15.2. The molecule has 6 N–H and O–H groups in total. The summed E-state index contributed by atoms with van der Waals surface area (Å²) in [4.78, 5) is 0. The average Bonchev–Trinajstić information content (AvgIpc) is 2.61. The van der Waals surface area contributed by atoms with Crippen molar-refractivity contribution >= 4 is 11.7 Å². The number of hydrogen-bond acceptors (Lipinski definition) is 3. The van der Waals surface area contributed by atoms with Crippen LogP contribution in [-0.4, -0.2) is 18.3 Å². The van der Waals surface area contributed by atoms with E-state index in [1.165, 1.54) is 12.0 Å². The Balaban J connectivity index is 1.57. The van der Waals surface area contributed by atoms with Gasteiger partial charge in [-0.2, -0.15) is 0 Å². The van der Waals surface area contributed by atoms with Crippen LogP contribution in [0.1, 0.15) is 42.4 Å². The van der Waals surface area contributed by atoms with Gasteiger partial charge >= 0.3 is 0 Å². The minimum Gasteiger partial charge on any atom is -0.494 e. The minimum absolute atomic E-state index is 0.0717. The molecule has 0 fully saturated rings. The summed E-state index contributed by atoms with van der Waals surface area (Å²) in [6.45, 7) is 0.701. The second kappa shape index (κ2) is 9.47. The topological polar surface area (TPSA) is 109 Å². The third-order valence-electron chi connectivity index (χ3n) is 4.06. The fraction of sp³-hybridized carbons (Fsp3) is 0.300. The second-order valence-corrected chi connectivity index (χ2v) is 6.06. The van der Waals surface area contributed by atoms with Gasteiger partial charge in [-0.05, 0) is 49.1 Å². The molecule has 132 valence electrons. The Bertz CT molecular complexity index is 631. The van der Waals surface area contributed by atoms with Gasteiger partial charge in [0, 0.05) is 11.1 Å². The summed E-state index contributed by atoms with van der Waals surface area (Å²) in [5, 5.41) is 14.7. The van der Waals surface area contributed by atoms with E-state index in [-0.39, 0.29) is 11.7 Å². The van der Waals surface area contributed by atoms with Crippen LogP contribution in [0, 0.1) is 10.8 Å². The smallest absolute Gasteiger partial charge is 0.122 e. The molecule has 5 heteroatoms. The number of benzene rings is 2. The molecule has 0 aliphatic rings. The molecule has 2 aromatic rings. The Morgan fingerprint density at radius 3 is 1.80 bits per heavy atom. The van der Waals surface area contributed by atoms with Gasteiger partial charge in [0.1, 0.15) is 17.4 Å². The molecular formula is C20H26N4O. The van der Waals surface area contributed by atoms with E-state index in [1.807, 2.05) is 36.4 Å². The van der Waals surface area contributed by atoms with Crippen LogP contribution in [0.4, 0.5) is 0 Å². The van der Waals surface area contributed by atoms with E-state index in [9.17, 15) is 0 Å². The van der Waals surface area contributed by atoms with Crippen LogP contribution in [0.5, 0.6) is 5.75 Å². The molecule has 0 bridgehead atoms. The van der Waals surface area contributed by atoms with Crippen molar-refractivity contribution in [1.29, 1.82) is 10.8 Å². The molecule has 2 rings (SSSR count). The molecule has 0 amide bonds. The van der Waals surface area contributed by atoms with E-state index in [4.69, 9.17) is 27.0 Å². The third kappa shape index (κ3) is 6.30. The first kappa shape index (κ1) is 18.5. The predicted octanol–water partition coefficient (Wildman–Crippen LogP) is 3.44. The highest BCUT2D eigenvalue weighted by atomic mass is 16.5. The van der Waals surface area contributed by atoms with Crippen LogP contribution < -0.4 is 16.2 Å². The number of aryl methyl sites for hydroxylation is 1. The fourth-order valence-corrected chi connectivity index (χ4v) is 2.56. The first-order valence-electron chi connectivity index (χ1n) is 8.57. The maximum atomic E-state index is 7.38. The molecule has 0 aromatic heterocycles. The van der Waals surface area contributed by atoms with E-state index in [0.717, 1.165) is 37.0 Å². The third-order valence-corrected chi connectivity index (χ3v) is 4.06. The molecule has 5 nitrogen and oxygen atoms in total. The van der Waals surface area contributed by atoms with Gasteiger partial charge < -0.3 is 16.2 Å². The molecule has 25 heavy (non-hydrogen) atoms. The highest BCUT2D eigenvalue weighted by Crippen LogP contribution is 2.13. The Hall–Kier alpha value is -2.82. The van der Waals surface area contributed by atoms with Crippen molar-refractivity contribution in [3.63, 3.8) is 0 Å². The zero-order chi connectivity index (χ0) is 18.1. The largest absolute Gasteiger partial charge is 0.494 e. The van der Waals surface area contributed by atoms with Gasteiger partial charge in [-0.1, -0.05) is 37.1 Å². The molecule has 0 saturated heterocycles. The molecule has 0 heterocycles. The van der Waals surface area contributed by atoms with E-state index >= 15 is 0 Å². The Morgan fingerprint density at radius 1 is 0.720 bits per heavy atom. The van der Waals surface area contributed by atoms with Crippen molar-refractivity contribution in [2.45, 2.75) is 32.1 Å². The SMILES string of the molecule is N=C(N)c1ccc(CCCCCCOc2ccc(C(=N)N)cc2)cc1. The number of nitrogens with two attached hydrogens (primary N) is 2. The monoisotopic (exact) mass is 338 g/mol. The van der Waals surface area contributed by atoms with E-state index in [1.54, 1.807) is 12.1 Å². The van der Waals surface area contributed by atoms with Crippen LogP contribution >= 0.6 is 0 Å². The van der Waals surface area contributed by atoms with E-state index in [2.05, 4.69) is 0 Å². The second-order valence-electron chi connectivity index (χ2n) is 6.06. The van der Waals surface area contributed by atoms with Gasteiger partial charge in [0.25, 0.3) is 0 Å². The van der Waals surface area contributed by atoms with Gasteiger partial charge in [0.15, 0.2) is 0 Å². The highest BCUT2D eigenvalue weighted by molar-refractivity contribution is 5.95. The van der Waals surface area contributed by atoms with Gasteiger partial charge in [0.2, 0.25) is 0 Å². The van der Waals surface area contributed by atoms with Crippen molar-refractivity contribution in [2.24, 2.45) is 11.5 Å². The molecular weight excluding hydrogens is 312 g/mol. The van der Waals surface area contributed by atoms with Crippen LogP contribution in [0.25, 0.3) is 0 Å². The quantitative estimate of drug-likeness (QED) is 0.303. The predicted molar refractivity (Wildman–Crippen MR) is 103 cm³/mol. The lowest BCUT2D eigenvalue weighted by Gasteiger charge is -2.07. The van der Waals surface area contributed by atoms with Crippen LogP contribution in [0.15, 0.2) is 48.5 Å². The van der Waals surface area contributed by atoms with Crippen molar-refractivity contribution in [3.8, 4) is 5.75 Å². The summed E-state index contributed by atoms with van der Waals surface area (Å²) in [6.07, 6.45) is 5.52. The number of amidine groups is 2. The molecule has 2 aromatic carbocycles. The maximum absolute atomic E-state index is 7.38. The van der Waals surface area contributed by atoms with Crippen LogP contribution in [-0.2, 0) is 6.42 Å². The van der Waals surface area contributed by atoms with Crippen molar-refractivity contribution in [2.75, 3.05) is 6.61 Å². The first-order valence-corrected chi connectivity index (χ1v) is 8.57. The summed E-state index contributed by atoms with van der Waals surface area (Å²) >= 11 is 0. The average molecular weight is 338 g/mol. The van der Waals surface area contributed by atoms with Crippen molar-refractivity contribution in [1.82, 2.24) is 0 Å². The standard InChI is InChI=1S/C20H26N4O/c21-19(22)16-8-6-15(7-9-16)5-3-1-2-4-14-25-18-12-10-17(11-13-18)20(23)24/h6-13H,1-5,14H2,(H3,21,22)(H3,23,24). The van der Waals surface area contributed by atoms with E-state index in [0.29, 0.717) is 12.2 Å². The Morgan fingerprint density at radius 2 is 1.24 bits per heavy atom. The molecule has 0 atom stereocenters. The lowest BCUT2D eigenvalue weighted by Crippen LogP contribution is -2.10.